The molecule has 0 aromatic heterocycles. The number of likely N-dealkylation sites (tertiary alicyclic amines) is 1. The van der Waals surface area contributed by atoms with Crippen molar-refractivity contribution in [3.8, 4) is 5.75 Å². The van der Waals surface area contributed by atoms with Gasteiger partial charge in [-0.05, 0) is 45.1 Å². The Balaban J connectivity index is 1.82. The van der Waals surface area contributed by atoms with Crippen LogP contribution in [0.25, 0.3) is 0 Å². The molecule has 0 radical (unpaired) electrons. The first kappa shape index (κ1) is 14.7. The Morgan fingerprint density at radius 2 is 2.15 bits per heavy atom. The van der Waals surface area contributed by atoms with Crippen LogP contribution >= 0.6 is 0 Å². The van der Waals surface area contributed by atoms with Crippen LogP contribution in [0.2, 0.25) is 0 Å². The largest absolute Gasteiger partial charge is 0.484 e. The Morgan fingerprint density at radius 3 is 2.80 bits per heavy atom. The molecule has 2 rings (SSSR count). The highest BCUT2D eigenvalue weighted by Crippen LogP contribution is 2.16. The molecule has 110 valence electrons. The van der Waals surface area contributed by atoms with E-state index in [1.807, 2.05) is 18.0 Å². The summed E-state index contributed by atoms with van der Waals surface area (Å²) in [6.07, 6.45) is 2.05. The highest BCUT2D eigenvalue weighted by atomic mass is 16.5. The smallest absolute Gasteiger partial charge is 0.260 e. The Labute approximate surface area is 120 Å². The van der Waals surface area contributed by atoms with Crippen molar-refractivity contribution in [3.05, 3.63) is 24.3 Å². The molecule has 0 spiro atoms. The van der Waals surface area contributed by atoms with E-state index in [-0.39, 0.29) is 12.5 Å². The zero-order valence-corrected chi connectivity index (χ0v) is 12.2. The first-order chi connectivity index (χ1) is 9.56. The van der Waals surface area contributed by atoms with Gasteiger partial charge in [0.2, 0.25) is 0 Å². The highest BCUT2D eigenvalue weighted by Gasteiger charge is 2.24. The summed E-state index contributed by atoms with van der Waals surface area (Å²) in [6, 6.07) is 7.46. The number of carbonyl (C=O) groups excluding carboxylic acids is 1. The minimum atomic E-state index is 0.0157. The summed E-state index contributed by atoms with van der Waals surface area (Å²) < 4.78 is 5.50. The fourth-order valence-electron chi connectivity index (χ4n) is 2.44. The van der Waals surface area contributed by atoms with E-state index in [4.69, 9.17) is 10.5 Å². The number of nitrogens with two attached hydrogens (primary N) is 1. The third-order valence-corrected chi connectivity index (χ3v) is 3.85. The second-order valence-corrected chi connectivity index (χ2v) is 5.40. The number of amides is 1. The van der Waals surface area contributed by atoms with Gasteiger partial charge < -0.3 is 20.3 Å². The minimum Gasteiger partial charge on any atom is -0.484 e. The molecule has 0 atom stereocenters. The van der Waals surface area contributed by atoms with Gasteiger partial charge in [-0.2, -0.15) is 0 Å². The van der Waals surface area contributed by atoms with Gasteiger partial charge in [0.05, 0.1) is 0 Å². The van der Waals surface area contributed by atoms with Gasteiger partial charge in [-0.3, -0.25) is 4.79 Å². The highest BCUT2D eigenvalue weighted by molar-refractivity contribution is 5.77. The number of piperidine rings is 1. The molecule has 0 aliphatic carbocycles. The molecule has 0 unspecified atom stereocenters. The van der Waals surface area contributed by atoms with Crippen molar-refractivity contribution >= 4 is 11.6 Å². The van der Waals surface area contributed by atoms with E-state index in [1.165, 1.54) is 0 Å². The van der Waals surface area contributed by atoms with Gasteiger partial charge in [-0.1, -0.05) is 6.07 Å². The van der Waals surface area contributed by atoms with Crippen molar-refractivity contribution in [2.45, 2.75) is 18.9 Å². The van der Waals surface area contributed by atoms with Crippen LogP contribution < -0.4 is 10.5 Å². The van der Waals surface area contributed by atoms with E-state index >= 15 is 0 Å². The van der Waals surface area contributed by atoms with Crippen molar-refractivity contribution < 1.29 is 9.53 Å². The molecule has 1 saturated heterocycles. The summed E-state index contributed by atoms with van der Waals surface area (Å²) in [6.45, 7) is 2.14. The van der Waals surface area contributed by atoms with Crippen LogP contribution in [0.5, 0.6) is 5.75 Å². The average molecular weight is 277 g/mol. The molecular weight excluding hydrogens is 254 g/mol. The Bertz CT molecular complexity index is 456. The van der Waals surface area contributed by atoms with Crippen molar-refractivity contribution in [2.24, 2.45) is 0 Å². The fourth-order valence-corrected chi connectivity index (χ4v) is 2.44. The summed E-state index contributed by atoms with van der Waals surface area (Å²) in [4.78, 5) is 16.2. The maximum Gasteiger partial charge on any atom is 0.260 e. The van der Waals surface area contributed by atoms with Crippen molar-refractivity contribution in [1.82, 2.24) is 9.80 Å². The van der Waals surface area contributed by atoms with Gasteiger partial charge >= 0.3 is 0 Å². The third kappa shape index (κ3) is 3.87. The first-order valence-corrected chi connectivity index (χ1v) is 6.99. The summed E-state index contributed by atoms with van der Waals surface area (Å²) in [5.74, 6) is 0.650. The predicted octanol–water partition coefficient (Wildman–Crippen LogP) is 1.20. The number of hydrogen-bond acceptors (Lipinski definition) is 4. The summed E-state index contributed by atoms with van der Waals surface area (Å²) in [5, 5.41) is 0. The number of nitrogens with zero attached hydrogens (tertiary/aromatic N) is 2. The number of carbonyl (C=O) groups is 1. The van der Waals surface area contributed by atoms with Crippen LogP contribution in [0.3, 0.4) is 0 Å². The molecular formula is C15H23N3O2. The van der Waals surface area contributed by atoms with Gasteiger partial charge in [0.15, 0.2) is 6.61 Å². The molecule has 0 bridgehead atoms. The second-order valence-electron chi connectivity index (χ2n) is 5.40. The van der Waals surface area contributed by atoms with E-state index in [1.54, 1.807) is 18.2 Å². The van der Waals surface area contributed by atoms with Crippen LogP contribution in [-0.2, 0) is 4.79 Å². The molecule has 20 heavy (non-hydrogen) atoms. The summed E-state index contributed by atoms with van der Waals surface area (Å²) in [5.41, 5.74) is 6.31. The van der Waals surface area contributed by atoms with Crippen LogP contribution in [0.1, 0.15) is 12.8 Å². The second kappa shape index (κ2) is 6.61. The van der Waals surface area contributed by atoms with E-state index in [9.17, 15) is 4.79 Å². The number of benzene rings is 1. The van der Waals surface area contributed by atoms with Crippen LogP contribution in [0.4, 0.5) is 5.69 Å². The van der Waals surface area contributed by atoms with E-state index in [0.717, 1.165) is 25.9 Å². The Morgan fingerprint density at radius 1 is 1.45 bits per heavy atom. The maximum atomic E-state index is 12.1. The van der Waals surface area contributed by atoms with Gasteiger partial charge in [0, 0.05) is 24.8 Å². The zero-order chi connectivity index (χ0) is 14.5. The summed E-state index contributed by atoms with van der Waals surface area (Å²) in [7, 11) is 3.97. The first-order valence-electron chi connectivity index (χ1n) is 6.99. The lowest BCUT2D eigenvalue weighted by Crippen LogP contribution is -2.45. The molecule has 1 heterocycles. The van der Waals surface area contributed by atoms with E-state index in [0.29, 0.717) is 17.5 Å². The number of hydrogen-bond donors (Lipinski definition) is 1. The Hall–Kier alpha value is -1.75. The van der Waals surface area contributed by atoms with Gasteiger partial charge in [-0.15, -0.1) is 0 Å². The molecule has 0 saturated carbocycles. The van der Waals surface area contributed by atoms with Crippen LogP contribution in [0, 0.1) is 0 Å². The number of likely N-dealkylation sites (N-methyl/N-ethyl adjacent to an activating group) is 1. The number of nitrogen functional groups attached to an aromatic ring is 1. The normalized spacial score (nSPS) is 16.9. The lowest BCUT2D eigenvalue weighted by molar-refractivity contribution is -0.134. The molecule has 1 fully saturated rings. The SMILES string of the molecule is CN1CCC(N(C)C(=O)COc2cccc(N)c2)CC1. The molecule has 1 aromatic rings. The average Bonchev–Trinajstić information content (AvgIpc) is 2.45. The van der Waals surface area contributed by atoms with Gasteiger partial charge in [0.1, 0.15) is 5.75 Å². The fraction of sp³-hybridized carbons (Fsp3) is 0.533. The quantitative estimate of drug-likeness (QED) is 0.840. The Kier molecular flexibility index (Phi) is 4.84. The van der Waals surface area contributed by atoms with Crippen LogP contribution in [-0.4, -0.2) is 55.5 Å². The van der Waals surface area contributed by atoms with Gasteiger partial charge in [-0.25, -0.2) is 0 Å². The standard InChI is InChI=1S/C15H23N3O2/c1-17-8-6-13(7-9-17)18(2)15(19)11-20-14-5-3-4-12(16)10-14/h3-5,10,13H,6-9,11,16H2,1-2H3. The predicted molar refractivity (Wildman–Crippen MR) is 79.6 cm³/mol. The van der Waals surface area contributed by atoms with Crippen LogP contribution in [0.15, 0.2) is 24.3 Å². The van der Waals surface area contributed by atoms with Crippen molar-refractivity contribution in [1.29, 1.82) is 0 Å². The number of rotatable bonds is 4. The van der Waals surface area contributed by atoms with E-state index in [2.05, 4.69) is 11.9 Å². The van der Waals surface area contributed by atoms with Crippen molar-refractivity contribution in [3.63, 3.8) is 0 Å². The molecule has 1 aliphatic heterocycles. The monoisotopic (exact) mass is 277 g/mol. The van der Waals surface area contributed by atoms with Crippen molar-refractivity contribution in [2.75, 3.05) is 39.5 Å². The maximum absolute atomic E-state index is 12.1. The molecule has 2 N–H and O–H groups in total. The lowest BCUT2D eigenvalue weighted by atomic mass is 10.0. The third-order valence-electron chi connectivity index (χ3n) is 3.85. The number of anilines is 1. The molecule has 1 aliphatic rings. The lowest BCUT2D eigenvalue weighted by Gasteiger charge is -2.35. The number of ether oxygens (including phenoxy) is 1. The topological polar surface area (TPSA) is 58.8 Å². The minimum absolute atomic E-state index is 0.0157. The van der Waals surface area contributed by atoms with Gasteiger partial charge in [0.25, 0.3) is 5.91 Å². The van der Waals surface area contributed by atoms with E-state index < -0.39 is 0 Å². The summed E-state index contributed by atoms with van der Waals surface area (Å²) >= 11 is 0. The molecule has 1 amide bonds. The molecule has 5 heteroatoms. The molecule has 1 aromatic carbocycles. The zero-order valence-electron chi connectivity index (χ0n) is 12.2. The molecule has 5 nitrogen and oxygen atoms in total.